The van der Waals surface area contributed by atoms with Crippen LogP contribution in [0.3, 0.4) is 0 Å². The number of nitrogens with zero attached hydrogens (tertiary/aromatic N) is 1. The van der Waals surface area contributed by atoms with Crippen molar-refractivity contribution in [2.75, 3.05) is 14.2 Å². The first-order valence-electron chi connectivity index (χ1n) is 6.83. The fourth-order valence-electron chi connectivity index (χ4n) is 2.07. The number of aliphatic imine (C=N–C) groups is 1. The fourth-order valence-corrected chi connectivity index (χ4v) is 58.1. The second-order valence-corrected chi connectivity index (χ2v) is 68.0. The number of halogens is 3. The summed E-state index contributed by atoms with van der Waals surface area (Å²) in [5.41, 5.74) is 2.53. The molecule has 0 saturated heterocycles. The number of rotatable bonds is 5. The number of benzene rings is 2. The molecule has 1 unspecified atom stereocenters. The summed E-state index contributed by atoms with van der Waals surface area (Å²) in [5, 5.41) is 0. The molecular weight excluding hydrogens is 777 g/mol. The van der Waals surface area contributed by atoms with E-state index < -0.39 is 18.0 Å². The van der Waals surface area contributed by atoms with Gasteiger partial charge in [0, 0.05) is 0 Å². The van der Waals surface area contributed by atoms with E-state index >= 15 is 0 Å². The average Bonchev–Trinajstić information content (AvgIpc) is 3.07. The van der Waals surface area contributed by atoms with E-state index in [9.17, 15) is 0 Å². The molecule has 1 atom stereocenters. The van der Waals surface area contributed by atoms with Crippen LogP contribution in [0.25, 0.3) is 0 Å². The third kappa shape index (κ3) is 4.55. The van der Waals surface area contributed by atoms with Gasteiger partial charge < -0.3 is 0 Å². The van der Waals surface area contributed by atoms with Gasteiger partial charge in [-0.1, -0.05) is 0 Å². The van der Waals surface area contributed by atoms with E-state index in [2.05, 4.69) is 61.5 Å². The molecule has 0 amide bonds. The minimum atomic E-state index is -0.942. The Hall–Kier alpha value is 0.809. The summed E-state index contributed by atoms with van der Waals surface area (Å²) >= 11 is 5.94. The zero-order valence-electron chi connectivity index (χ0n) is 12.8. The van der Waals surface area contributed by atoms with Crippen molar-refractivity contribution in [2.45, 2.75) is 0 Å². The molecule has 0 saturated carbocycles. The Morgan fingerprint density at radius 1 is 0.875 bits per heavy atom. The van der Waals surface area contributed by atoms with Crippen LogP contribution in [-0.4, -0.2) is 44.9 Å². The molecule has 24 heavy (non-hydrogen) atoms. The van der Waals surface area contributed by atoms with Gasteiger partial charge >= 0.3 is 177 Å². The maximum absolute atomic E-state index is 5.28. The van der Waals surface area contributed by atoms with Gasteiger partial charge in [-0.2, -0.15) is 0 Å². The van der Waals surface area contributed by atoms with Crippen LogP contribution in [-0.2, 0) is 0 Å². The Morgan fingerprint density at radius 3 is 1.83 bits per heavy atom. The standard InChI is InChI=1S/C16H14I3NO2Se2/c1-21-13-7-3-11(4-8-13)15-20-16(24(23-15)19(17)18)12-5-9-14(22-2)10-6-12/h3-10H,1-2H3. The van der Waals surface area contributed by atoms with Gasteiger partial charge in [0.2, 0.25) is 0 Å². The molecule has 0 radical (unpaired) electrons. The summed E-state index contributed by atoms with van der Waals surface area (Å²) in [6, 6.07) is 16.7. The molecule has 0 spiro atoms. The first kappa shape index (κ1) is 19.6. The molecule has 1 heterocycles. The molecule has 0 N–H and O–H groups in total. The molecule has 0 bridgehead atoms. The van der Waals surface area contributed by atoms with E-state index in [1.807, 2.05) is 24.3 Å². The van der Waals surface area contributed by atoms with Gasteiger partial charge in [0.25, 0.3) is 0 Å². The quantitative estimate of drug-likeness (QED) is 0.328. The second-order valence-electron chi connectivity index (χ2n) is 4.66. The molecule has 3 rings (SSSR count). The van der Waals surface area contributed by atoms with E-state index in [1.54, 1.807) is 14.2 Å². The normalized spacial score (nSPS) is 17.5. The molecule has 3 nitrogen and oxygen atoms in total. The molecule has 8 heteroatoms. The van der Waals surface area contributed by atoms with E-state index in [4.69, 9.17) is 14.5 Å². The third-order valence-corrected chi connectivity index (χ3v) is 89.4. The molecule has 1 aliphatic rings. The molecule has 2 aromatic carbocycles. The van der Waals surface area contributed by atoms with Gasteiger partial charge in [0.05, 0.1) is 0 Å². The Morgan fingerprint density at radius 2 is 1.38 bits per heavy atom. The molecule has 128 valence electrons. The summed E-state index contributed by atoms with van der Waals surface area (Å²) in [4.78, 5) is 5.11. The van der Waals surface area contributed by atoms with Crippen LogP contribution in [0.15, 0.2) is 53.5 Å². The van der Waals surface area contributed by atoms with Crippen molar-refractivity contribution < 1.29 is 9.47 Å². The van der Waals surface area contributed by atoms with Gasteiger partial charge in [-0.3, -0.25) is 0 Å². The third-order valence-electron chi connectivity index (χ3n) is 3.29. The monoisotopic (exact) mass is 793 g/mol. The van der Waals surface area contributed by atoms with Gasteiger partial charge in [-0.05, 0) is 0 Å². The number of methoxy groups -OCH3 is 2. The molecule has 0 fully saturated rings. The van der Waals surface area contributed by atoms with Crippen molar-refractivity contribution >= 4 is 77.5 Å². The second kappa shape index (κ2) is 9.14. The van der Waals surface area contributed by atoms with Crippen molar-refractivity contribution in [3.63, 3.8) is 0 Å². The van der Waals surface area contributed by atoms with Crippen LogP contribution in [0, 0.1) is 0 Å². The number of hydrogen-bond acceptors (Lipinski definition) is 3. The van der Waals surface area contributed by atoms with Crippen LogP contribution in [0.4, 0.5) is 0 Å². The van der Waals surface area contributed by atoms with E-state index in [-0.39, 0.29) is 0 Å². The topological polar surface area (TPSA) is 30.8 Å². The SMILES string of the molecule is COc1ccc(C2=NC(c3ccc(OC)cc3)=[Se](I(I)I)[Se]2)cc1. The first-order valence-corrected chi connectivity index (χ1v) is 30.7. The maximum atomic E-state index is 5.28. The molecule has 1 aliphatic heterocycles. The molecule has 0 aromatic heterocycles. The molecule has 2 aromatic rings. The van der Waals surface area contributed by atoms with Gasteiger partial charge in [0.1, 0.15) is 0 Å². The molecular formula is C16H14I3NO2Se2. The summed E-state index contributed by atoms with van der Waals surface area (Å²) in [6.07, 6.45) is 0. The van der Waals surface area contributed by atoms with Crippen LogP contribution in [0.5, 0.6) is 11.5 Å². The van der Waals surface area contributed by atoms with Crippen LogP contribution < -0.4 is 9.47 Å². The summed E-state index contributed by atoms with van der Waals surface area (Å²) in [5.74, 6) is 1.80. The Bertz CT molecular complexity index is 790. The fraction of sp³-hybridized carbons (Fsp3) is 0.125. The van der Waals surface area contributed by atoms with E-state index in [1.165, 1.54) is 20.3 Å². The van der Waals surface area contributed by atoms with Crippen LogP contribution >= 0.6 is 46.9 Å². The van der Waals surface area contributed by atoms with Crippen LogP contribution in [0.1, 0.15) is 11.1 Å². The number of ether oxygens (including phenoxy) is 2. The predicted molar refractivity (Wildman–Crippen MR) is 130 cm³/mol. The predicted octanol–water partition coefficient (Wildman–Crippen LogP) is 4.62. The zero-order chi connectivity index (χ0) is 17.1. The van der Waals surface area contributed by atoms with E-state index in [0.29, 0.717) is 13.1 Å². The Balaban J connectivity index is 1.95. The summed E-state index contributed by atoms with van der Waals surface area (Å²) in [6.45, 7) is 0. The van der Waals surface area contributed by atoms with Crippen molar-refractivity contribution in [1.29, 1.82) is 0 Å². The number of hydrogen-bond donors (Lipinski definition) is 0. The van der Waals surface area contributed by atoms with Gasteiger partial charge in [-0.25, -0.2) is 0 Å². The summed E-state index contributed by atoms with van der Waals surface area (Å²) in [7, 11) is 1.69. The average molecular weight is 791 g/mol. The van der Waals surface area contributed by atoms with Crippen molar-refractivity contribution in [3.8, 4) is 11.5 Å². The van der Waals surface area contributed by atoms with Crippen LogP contribution in [0.2, 0.25) is 0 Å². The first-order chi connectivity index (χ1) is 11.6. The molecule has 0 aliphatic carbocycles. The Labute approximate surface area is 174 Å². The minimum absolute atomic E-state index is 0.511. The van der Waals surface area contributed by atoms with Gasteiger partial charge in [0.15, 0.2) is 0 Å². The zero-order valence-corrected chi connectivity index (χ0v) is 22.7. The van der Waals surface area contributed by atoms with Gasteiger partial charge in [-0.15, -0.1) is 0 Å². The van der Waals surface area contributed by atoms with Crippen molar-refractivity contribution in [1.82, 2.24) is 0 Å². The Kier molecular flexibility index (Phi) is 7.45. The summed E-state index contributed by atoms with van der Waals surface area (Å²) < 4.78 is 13.2. The van der Waals surface area contributed by atoms with E-state index in [0.717, 1.165) is 11.5 Å². The van der Waals surface area contributed by atoms with Crippen molar-refractivity contribution in [2.24, 2.45) is 4.99 Å². The van der Waals surface area contributed by atoms with Crippen molar-refractivity contribution in [3.05, 3.63) is 59.7 Å².